The number of para-hydroxylation sites is 1. The summed E-state index contributed by atoms with van der Waals surface area (Å²) in [6.45, 7) is 1.39. The summed E-state index contributed by atoms with van der Waals surface area (Å²) >= 11 is 0.742. The first-order valence-electron chi connectivity index (χ1n) is 7.89. The second kappa shape index (κ2) is 7.63. The second-order valence-corrected chi connectivity index (χ2v) is 6.62. The third-order valence-corrected chi connectivity index (χ3v) is 4.61. The molecule has 2 aromatic rings. The highest BCUT2D eigenvalue weighted by molar-refractivity contribution is 8.19. The molecule has 1 aliphatic rings. The van der Waals surface area contributed by atoms with E-state index in [0.29, 0.717) is 5.56 Å². The first-order valence-corrected chi connectivity index (χ1v) is 8.70. The molecule has 6 nitrogen and oxygen atoms in total. The predicted molar refractivity (Wildman–Crippen MR) is 99.0 cm³/mol. The SMILES string of the molecule is CC(Oc1ccccc1/C=C1/SC(=O)N(c2ccc(F)cc2)C1=O)C(=O)O. The lowest BCUT2D eigenvalue weighted by molar-refractivity contribution is -0.144. The van der Waals surface area contributed by atoms with Gasteiger partial charge in [-0.2, -0.15) is 0 Å². The number of rotatable bonds is 5. The number of aliphatic carboxylic acids is 1. The highest BCUT2D eigenvalue weighted by Crippen LogP contribution is 2.37. The number of carbonyl (C=O) groups excluding carboxylic acids is 2. The van der Waals surface area contributed by atoms with Crippen molar-refractivity contribution in [3.05, 3.63) is 64.8 Å². The van der Waals surface area contributed by atoms with Crippen molar-refractivity contribution >= 4 is 40.6 Å². The molecule has 0 saturated carbocycles. The predicted octanol–water partition coefficient (Wildman–Crippen LogP) is 3.92. The zero-order valence-corrected chi connectivity index (χ0v) is 14.9. The van der Waals surface area contributed by atoms with Gasteiger partial charge in [0, 0.05) is 5.56 Å². The van der Waals surface area contributed by atoms with Crippen LogP contribution in [0.4, 0.5) is 14.9 Å². The number of amides is 2. The van der Waals surface area contributed by atoms with Crippen LogP contribution in [0.3, 0.4) is 0 Å². The number of hydrogen-bond acceptors (Lipinski definition) is 5. The monoisotopic (exact) mass is 387 g/mol. The molecule has 1 fully saturated rings. The summed E-state index contributed by atoms with van der Waals surface area (Å²) in [6.07, 6.45) is 0.395. The quantitative estimate of drug-likeness (QED) is 0.783. The minimum absolute atomic E-state index is 0.156. The molecule has 0 aromatic heterocycles. The average Bonchev–Trinajstić information content (AvgIpc) is 2.91. The van der Waals surface area contributed by atoms with E-state index in [9.17, 15) is 18.8 Å². The van der Waals surface area contributed by atoms with Crippen molar-refractivity contribution in [2.24, 2.45) is 0 Å². The van der Waals surface area contributed by atoms with Crippen LogP contribution in [0.5, 0.6) is 5.75 Å². The Morgan fingerprint density at radius 3 is 2.52 bits per heavy atom. The molecule has 1 heterocycles. The van der Waals surface area contributed by atoms with E-state index in [1.807, 2.05) is 0 Å². The fourth-order valence-electron chi connectivity index (χ4n) is 2.37. The van der Waals surface area contributed by atoms with Crippen molar-refractivity contribution in [3.63, 3.8) is 0 Å². The Morgan fingerprint density at radius 1 is 1.19 bits per heavy atom. The first-order chi connectivity index (χ1) is 12.9. The van der Waals surface area contributed by atoms with Gasteiger partial charge in [-0.3, -0.25) is 9.59 Å². The van der Waals surface area contributed by atoms with Crippen LogP contribution in [0.1, 0.15) is 12.5 Å². The Balaban J connectivity index is 1.90. The Morgan fingerprint density at radius 2 is 1.85 bits per heavy atom. The molecule has 0 bridgehead atoms. The van der Waals surface area contributed by atoms with Crippen molar-refractivity contribution in [2.75, 3.05) is 4.90 Å². The van der Waals surface area contributed by atoms with Gasteiger partial charge in [0.15, 0.2) is 6.10 Å². The van der Waals surface area contributed by atoms with Crippen LogP contribution in [0.15, 0.2) is 53.4 Å². The van der Waals surface area contributed by atoms with Gasteiger partial charge in [0.1, 0.15) is 11.6 Å². The maximum atomic E-state index is 13.1. The number of carbonyl (C=O) groups is 3. The average molecular weight is 387 g/mol. The van der Waals surface area contributed by atoms with E-state index in [-0.39, 0.29) is 16.3 Å². The molecular formula is C19H14FNO5S. The number of benzene rings is 2. The van der Waals surface area contributed by atoms with Gasteiger partial charge in [0.25, 0.3) is 11.1 Å². The van der Waals surface area contributed by atoms with E-state index in [0.717, 1.165) is 16.7 Å². The van der Waals surface area contributed by atoms with Gasteiger partial charge in [0.2, 0.25) is 0 Å². The Labute approximate surface area is 158 Å². The van der Waals surface area contributed by atoms with Crippen molar-refractivity contribution in [1.82, 2.24) is 0 Å². The van der Waals surface area contributed by atoms with Gasteiger partial charge in [-0.25, -0.2) is 14.1 Å². The van der Waals surface area contributed by atoms with Gasteiger partial charge >= 0.3 is 5.97 Å². The molecule has 27 heavy (non-hydrogen) atoms. The highest BCUT2D eigenvalue weighted by Gasteiger charge is 2.36. The largest absolute Gasteiger partial charge is 0.479 e. The zero-order valence-electron chi connectivity index (χ0n) is 14.1. The van der Waals surface area contributed by atoms with E-state index in [1.54, 1.807) is 24.3 Å². The van der Waals surface area contributed by atoms with Crippen molar-refractivity contribution in [3.8, 4) is 5.75 Å². The number of halogens is 1. The van der Waals surface area contributed by atoms with Crippen molar-refractivity contribution in [1.29, 1.82) is 0 Å². The number of ether oxygens (including phenoxy) is 1. The number of carboxylic acid groups (broad SMARTS) is 1. The summed E-state index contributed by atoms with van der Waals surface area (Å²) in [5.41, 5.74) is 0.738. The molecule has 8 heteroatoms. The van der Waals surface area contributed by atoms with Gasteiger partial charge < -0.3 is 9.84 Å². The smallest absolute Gasteiger partial charge is 0.344 e. The van der Waals surface area contributed by atoms with Gasteiger partial charge in [-0.15, -0.1) is 0 Å². The fraction of sp³-hybridized carbons (Fsp3) is 0.105. The lowest BCUT2D eigenvalue weighted by atomic mass is 10.1. The van der Waals surface area contributed by atoms with Crippen LogP contribution in [0.2, 0.25) is 0 Å². The minimum atomic E-state index is -1.12. The highest BCUT2D eigenvalue weighted by atomic mass is 32.2. The molecule has 1 atom stereocenters. The molecule has 1 N–H and O–H groups in total. The number of hydrogen-bond donors (Lipinski definition) is 1. The molecule has 1 saturated heterocycles. The number of anilines is 1. The van der Waals surface area contributed by atoms with E-state index >= 15 is 0 Å². The Kier molecular flexibility index (Phi) is 5.27. The van der Waals surface area contributed by atoms with Gasteiger partial charge in [0.05, 0.1) is 10.6 Å². The minimum Gasteiger partial charge on any atom is -0.479 e. The molecule has 1 unspecified atom stereocenters. The van der Waals surface area contributed by atoms with Crippen LogP contribution >= 0.6 is 11.8 Å². The van der Waals surface area contributed by atoms with Crippen molar-refractivity contribution < 1.29 is 28.6 Å². The summed E-state index contributed by atoms with van der Waals surface area (Å²) < 4.78 is 18.5. The normalized spacial score (nSPS) is 16.7. The lowest BCUT2D eigenvalue weighted by Gasteiger charge is -2.13. The van der Waals surface area contributed by atoms with Crippen LogP contribution < -0.4 is 9.64 Å². The zero-order chi connectivity index (χ0) is 19.6. The number of imide groups is 1. The summed E-state index contributed by atoms with van der Waals surface area (Å²) in [7, 11) is 0. The van der Waals surface area contributed by atoms with Crippen LogP contribution in [-0.4, -0.2) is 28.3 Å². The van der Waals surface area contributed by atoms with E-state index < -0.39 is 29.0 Å². The maximum absolute atomic E-state index is 13.1. The number of nitrogens with zero attached hydrogens (tertiary/aromatic N) is 1. The summed E-state index contributed by atoms with van der Waals surface area (Å²) in [5.74, 6) is -1.86. The van der Waals surface area contributed by atoms with Crippen LogP contribution in [-0.2, 0) is 9.59 Å². The van der Waals surface area contributed by atoms with Gasteiger partial charge in [-0.1, -0.05) is 18.2 Å². The van der Waals surface area contributed by atoms with E-state index in [1.165, 1.54) is 37.3 Å². The molecule has 1 aliphatic heterocycles. The molecule has 0 radical (unpaired) electrons. The van der Waals surface area contributed by atoms with Crippen LogP contribution in [0.25, 0.3) is 6.08 Å². The second-order valence-electron chi connectivity index (χ2n) is 5.63. The molecule has 2 amide bonds. The Bertz CT molecular complexity index is 941. The molecule has 2 aromatic carbocycles. The van der Waals surface area contributed by atoms with Gasteiger partial charge in [-0.05, 0) is 55.1 Å². The third-order valence-electron chi connectivity index (χ3n) is 3.74. The standard InChI is InChI=1S/C19H14FNO5S/c1-11(18(23)24)26-15-5-3-2-4-12(15)10-16-17(22)21(19(25)27-16)14-8-6-13(20)7-9-14/h2-11H,1H3,(H,23,24)/b16-10+. The molecule has 0 aliphatic carbocycles. The summed E-state index contributed by atoms with van der Waals surface area (Å²) in [5, 5.41) is 8.49. The number of thioether (sulfide) groups is 1. The maximum Gasteiger partial charge on any atom is 0.344 e. The number of carboxylic acids is 1. The lowest BCUT2D eigenvalue weighted by Crippen LogP contribution is -2.27. The van der Waals surface area contributed by atoms with E-state index in [2.05, 4.69) is 0 Å². The fourth-order valence-corrected chi connectivity index (χ4v) is 3.20. The topological polar surface area (TPSA) is 83.9 Å². The molecule has 0 spiro atoms. The summed E-state index contributed by atoms with van der Waals surface area (Å²) in [6, 6.07) is 11.6. The third kappa shape index (κ3) is 4.01. The van der Waals surface area contributed by atoms with Crippen molar-refractivity contribution in [2.45, 2.75) is 13.0 Å². The van der Waals surface area contributed by atoms with Crippen LogP contribution in [0, 0.1) is 5.82 Å². The molecule has 138 valence electrons. The first kappa shape index (κ1) is 18.7. The molecule has 3 rings (SSSR count). The summed E-state index contributed by atoms with van der Waals surface area (Å²) in [4.78, 5) is 37.0. The molecular weight excluding hydrogens is 373 g/mol. The van der Waals surface area contributed by atoms with E-state index in [4.69, 9.17) is 9.84 Å². The Hall–Kier alpha value is -3.13.